The summed E-state index contributed by atoms with van der Waals surface area (Å²) in [6.45, 7) is 8.03. The SMILES string of the molecule is Cc1ccc2nc(COC(=O)c3cc(C4CC4)n(C(C)(C)C)n3)cc(=O)n2c1. The van der Waals surface area contributed by atoms with Gasteiger partial charge in [-0.25, -0.2) is 9.78 Å². The summed E-state index contributed by atoms with van der Waals surface area (Å²) in [5, 5.41) is 4.49. The van der Waals surface area contributed by atoms with Crippen molar-refractivity contribution in [3.8, 4) is 0 Å². The van der Waals surface area contributed by atoms with Gasteiger partial charge in [0.05, 0.1) is 11.2 Å². The first kappa shape index (κ1) is 18.4. The van der Waals surface area contributed by atoms with E-state index in [2.05, 4.69) is 30.9 Å². The fourth-order valence-electron chi connectivity index (χ4n) is 3.25. The van der Waals surface area contributed by atoms with Gasteiger partial charge >= 0.3 is 5.97 Å². The Morgan fingerprint density at radius 2 is 2.00 bits per heavy atom. The van der Waals surface area contributed by atoms with Crippen LogP contribution in [0, 0.1) is 6.92 Å². The highest BCUT2D eigenvalue weighted by Gasteiger charge is 2.32. The fraction of sp³-hybridized carbons (Fsp3) is 0.429. The maximum Gasteiger partial charge on any atom is 0.359 e. The molecular formula is C21H24N4O3. The molecule has 1 aliphatic rings. The molecule has 0 amide bonds. The summed E-state index contributed by atoms with van der Waals surface area (Å²) >= 11 is 0. The Hall–Kier alpha value is -2.96. The third-order valence-electron chi connectivity index (χ3n) is 4.79. The van der Waals surface area contributed by atoms with Crippen molar-refractivity contribution in [2.45, 2.75) is 58.6 Å². The first-order valence-corrected chi connectivity index (χ1v) is 9.49. The molecule has 1 aliphatic carbocycles. The lowest BCUT2D eigenvalue weighted by molar-refractivity contribution is 0.0459. The number of aryl methyl sites for hydroxylation is 1. The van der Waals surface area contributed by atoms with Crippen LogP contribution in [0.5, 0.6) is 0 Å². The Morgan fingerprint density at radius 3 is 2.68 bits per heavy atom. The summed E-state index contributed by atoms with van der Waals surface area (Å²) in [7, 11) is 0. The standard InChI is InChI=1S/C21H24N4O3/c1-13-5-8-18-22-15(9-19(26)24(18)11-13)12-28-20(27)16-10-17(14-6-7-14)25(23-16)21(2,3)4/h5,8-11,14H,6-7,12H2,1-4H3. The predicted molar refractivity (Wildman–Crippen MR) is 105 cm³/mol. The van der Waals surface area contributed by atoms with Crippen molar-refractivity contribution in [1.82, 2.24) is 19.2 Å². The molecule has 0 aliphatic heterocycles. The first-order valence-electron chi connectivity index (χ1n) is 9.49. The Labute approximate surface area is 163 Å². The Bertz CT molecular complexity index is 1120. The zero-order valence-electron chi connectivity index (χ0n) is 16.6. The quantitative estimate of drug-likeness (QED) is 0.650. The van der Waals surface area contributed by atoms with E-state index in [-0.39, 0.29) is 17.7 Å². The maximum atomic E-state index is 12.5. The number of rotatable bonds is 4. The molecule has 3 heterocycles. The molecule has 0 atom stereocenters. The minimum absolute atomic E-state index is 0.0699. The number of ether oxygens (including phenoxy) is 1. The fourth-order valence-corrected chi connectivity index (χ4v) is 3.25. The molecule has 0 unspecified atom stereocenters. The highest BCUT2D eigenvalue weighted by atomic mass is 16.5. The second-order valence-corrected chi connectivity index (χ2v) is 8.41. The van der Waals surface area contributed by atoms with Crippen LogP contribution in [0.3, 0.4) is 0 Å². The molecule has 28 heavy (non-hydrogen) atoms. The Morgan fingerprint density at radius 1 is 1.25 bits per heavy atom. The predicted octanol–water partition coefficient (Wildman–Crippen LogP) is 3.19. The third kappa shape index (κ3) is 3.56. The minimum atomic E-state index is -0.504. The summed E-state index contributed by atoms with van der Waals surface area (Å²) in [5.41, 5.74) is 2.88. The Balaban J connectivity index is 1.54. The maximum absolute atomic E-state index is 12.5. The molecule has 3 aromatic heterocycles. The molecule has 4 rings (SSSR count). The molecule has 1 fully saturated rings. The summed E-state index contributed by atoms with van der Waals surface area (Å²) in [6, 6.07) is 6.88. The van der Waals surface area contributed by atoms with Crippen molar-refractivity contribution in [2.75, 3.05) is 0 Å². The van der Waals surface area contributed by atoms with Gasteiger partial charge in [-0.3, -0.25) is 13.9 Å². The van der Waals surface area contributed by atoms with Crippen LogP contribution in [-0.4, -0.2) is 25.1 Å². The zero-order valence-corrected chi connectivity index (χ0v) is 16.6. The smallest absolute Gasteiger partial charge is 0.359 e. The van der Waals surface area contributed by atoms with Gasteiger partial charge in [-0.05, 0) is 58.2 Å². The van der Waals surface area contributed by atoms with Crippen LogP contribution in [0.2, 0.25) is 0 Å². The molecule has 0 aromatic carbocycles. The first-order chi connectivity index (χ1) is 13.2. The van der Waals surface area contributed by atoms with E-state index in [4.69, 9.17) is 4.74 Å². The van der Waals surface area contributed by atoms with Gasteiger partial charge in [-0.1, -0.05) is 6.07 Å². The highest BCUT2D eigenvalue weighted by molar-refractivity contribution is 5.87. The topological polar surface area (TPSA) is 78.5 Å². The molecule has 3 aromatic rings. The molecular weight excluding hydrogens is 356 g/mol. The molecule has 0 bridgehead atoms. The Kier molecular flexibility index (Phi) is 4.33. The highest BCUT2D eigenvalue weighted by Crippen LogP contribution is 2.41. The van der Waals surface area contributed by atoms with E-state index in [9.17, 15) is 9.59 Å². The van der Waals surface area contributed by atoms with Crippen LogP contribution in [0.15, 0.2) is 35.3 Å². The van der Waals surface area contributed by atoms with Crippen LogP contribution in [0.1, 0.15) is 67.0 Å². The number of pyridine rings is 1. The number of hydrogen-bond donors (Lipinski definition) is 0. The second kappa shape index (κ2) is 6.58. The number of carbonyl (C=O) groups is 1. The van der Waals surface area contributed by atoms with Gasteiger partial charge in [0.25, 0.3) is 5.56 Å². The normalized spacial score (nSPS) is 14.4. The van der Waals surface area contributed by atoms with E-state index in [0.717, 1.165) is 24.1 Å². The number of esters is 1. The second-order valence-electron chi connectivity index (χ2n) is 8.41. The van der Waals surface area contributed by atoms with E-state index in [1.165, 1.54) is 10.5 Å². The van der Waals surface area contributed by atoms with Crippen LogP contribution < -0.4 is 5.56 Å². The van der Waals surface area contributed by atoms with Crippen molar-refractivity contribution in [3.05, 3.63) is 63.5 Å². The summed E-state index contributed by atoms with van der Waals surface area (Å²) in [4.78, 5) is 29.2. The summed E-state index contributed by atoms with van der Waals surface area (Å²) in [6.07, 6.45) is 3.99. The largest absolute Gasteiger partial charge is 0.454 e. The molecule has 0 N–H and O–H groups in total. The molecule has 0 spiro atoms. The third-order valence-corrected chi connectivity index (χ3v) is 4.79. The van der Waals surface area contributed by atoms with E-state index in [0.29, 0.717) is 23.0 Å². The number of carbonyl (C=O) groups excluding carboxylic acids is 1. The molecule has 1 saturated carbocycles. The molecule has 7 nitrogen and oxygen atoms in total. The lowest BCUT2D eigenvalue weighted by Crippen LogP contribution is -2.25. The number of hydrogen-bond acceptors (Lipinski definition) is 5. The van der Waals surface area contributed by atoms with Crippen LogP contribution in [-0.2, 0) is 16.9 Å². The van der Waals surface area contributed by atoms with Crippen LogP contribution >= 0.6 is 0 Å². The van der Waals surface area contributed by atoms with Crippen molar-refractivity contribution in [1.29, 1.82) is 0 Å². The number of fused-ring (bicyclic) bond motifs is 1. The van der Waals surface area contributed by atoms with E-state index in [1.54, 1.807) is 12.3 Å². The average molecular weight is 380 g/mol. The lowest BCUT2D eigenvalue weighted by atomic mass is 10.1. The van der Waals surface area contributed by atoms with E-state index < -0.39 is 5.97 Å². The number of nitrogens with zero attached hydrogens (tertiary/aromatic N) is 4. The van der Waals surface area contributed by atoms with Gasteiger partial charge < -0.3 is 4.74 Å². The minimum Gasteiger partial charge on any atom is -0.454 e. The summed E-state index contributed by atoms with van der Waals surface area (Å²) < 4.78 is 8.80. The molecule has 0 radical (unpaired) electrons. The van der Waals surface area contributed by atoms with Crippen LogP contribution in [0.25, 0.3) is 5.65 Å². The van der Waals surface area contributed by atoms with E-state index >= 15 is 0 Å². The van der Waals surface area contributed by atoms with Gasteiger partial charge in [0.1, 0.15) is 12.3 Å². The van der Waals surface area contributed by atoms with Gasteiger partial charge in [0.2, 0.25) is 0 Å². The van der Waals surface area contributed by atoms with Crippen molar-refractivity contribution >= 4 is 11.6 Å². The zero-order chi connectivity index (χ0) is 20.1. The van der Waals surface area contributed by atoms with Crippen molar-refractivity contribution in [2.24, 2.45) is 0 Å². The van der Waals surface area contributed by atoms with Crippen LogP contribution in [0.4, 0.5) is 0 Å². The molecule has 146 valence electrons. The van der Waals surface area contributed by atoms with Crippen molar-refractivity contribution < 1.29 is 9.53 Å². The molecule has 7 heteroatoms. The van der Waals surface area contributed by atoms with E-state index in [1.807, 2.05) is 23.7 Å². The average Bonchev–Trinajstić information content (AvgIpc) is 3.37. The van der Waals surface area contributed by atoms with Crippen molar-refractivity contribution in [3.63, 3.8) is 0 Å². The van der Waals surface area contributed by atoms with Gasteiger partial charge in [0, 0.05) is 23.9 Å². The van der Waals surface area contributed by atoms with Gasteiger partial charge in [-0.2, -0.15) is 5.10 Å². The van der Waals surface area contributed by atoms with Gasteiger partial charge in [0.15, 0.2) is 5.69 Å². The monoisotopic (exact) mass is 380 g/mol. The summed E-state index contributed by atoms with van der Waals surface area (Å²) in [5.74, 6) is -0.0327. The number of aromatic nitrogens is 4. The molecule has 0 saturated heterocycles. The lowest BCUT2D eigenvalue weighted by Gasteiger charge is -2.22. The van der Waals surface area contributed by atoms with Gasteiger partial charge in [-0.15, -0.1) is 0 Å².